The average molecular weight is 403 g/mol. The number of carbonyl (C=O) groups excluding carboxylic acids is 2. The van der Waals surface area contributed by atoms with Gasteiger partial charge in [-0.25, -0.2) is 0 Å². The first kappa shape index (κ1) is 19.8. The lowest BCUT2D eigenvalue weighted by Gasteiger charge is -2.08. The standard InChI is InChI=1S/C21H19ClO6/c1-11-7-15(27-21(24)12(2)22)10-17-19(11)20(23)18(28-17)9-13-8-14(25-3)5-6-16(13)26-4/h5-10,12H,1-4H3/b18-9-. The second-order valence-electron chi connectivity index (χ2n) is 6.20. The molecule has 0 saturated heterocycles. The second-order valence-corrected chi connectivity index (χ2v) is 6.85. The number of halogens is 1. The smallest absolute Gasteiger partial charge is 0.329 e. The van der Waals surface area contributed by atoms with Crippen LogP contribution in [0.15, 0.2) is 36.1 Å². The molecule has 1 unspecified atom stereocenters. The maximum absolute atomic E-state index is 12.8. The van der Waals surface area contributed by atoms with Crippen LogP contribution in [0, 0.1) is 6.92 Å². The highest BCUT2D eigenvalue weighted by molar-refractivity contribution is 6.29. The van der Waals surface area contributed by atoms with E-state index >= 15 is 0 Å². The molecule has 146 valence electrons. The van der Waals surface area contributed by atoms with Crippen molar-refractivity contribution in [1.29, 1.82) is 0 Å². The highest BCUT2D eigenvalue weighted by Gasteiger charge is 2.30. The van der Waals surface area contributed by atoms with E-state index in [9.17, 15) is 9.59 Å². The van der Waals surface area contributed by atoms with Crippen LogP contribution in [0.25, 0.3) is 6.08 Å². The van der Waals surface area contributed by atoms with Crippen LogP contribution in [0.5, 0.6) is 23.0 Å². The molecule has 0 aromatic heterocycles. The highest BCUT2D eigenvalue weighted by Crippen LogP contribution is 2.38. The largest absolute Gasteiger partial charge is 0.497 e. The number of carbonyl (C=O) groups is 2. The number of Topliss-reactive ketones (excluding diaryl/α,β-unsaturated/α-hetero) is 1. The number of benzene rings is 2. The maximum Gasteiger partial charge on any atom is 0.329 e. The van der Waals surface area contributed by atoms with Crippen molar-refractivity contribution >= 4 is 29.4 Å². The van der Waals surface area contributed by atoms with Gasteiger partial charge in [0.05, 0.1) is 19.8 Å². The van der Waals surface area contributed by atoms with Gasteiger partial charge in [-0.1, -0.05) is 0 Å². The lowest BCUT2D eigenvalue weighted by molar-refractivity contribution is -0.133. The number of hydrogen-bond acceptors (Lipinski definition) is 6. The predicted molar refractivity (Wildman–Crippen MR) is 105 cm³/mol. The summed E-state index contributed by atoms with van der Waals surface area (Å²) >= 11 is 5.73. The van der Waals surface area contributed by atoms with Crippen molar-refractivity contribution in [3.05, 3.63) is 52.8 Å². The normalized spacial score (nSPS) is 15.0. The summed E-state index contributed by atoms with van der Waals surface area (Å²) in [5.74, 6) is 1.08. The molecule has 0 saturated carbocycles. The van der Waals surface area contributed by atoms with Gasteiger partial charge in [0.15, 0.2) is 5.76 Å². The molecule has 1 atom stereocenters. The second kappa shape index (κ2) is 7.94. The first-order chi connectivity index (χ1) is 13.3. The van der Waals surface area contributed by atoms with E-state index in [2.05, 4.69) is 0 Å². The topological polar surface area (TPSA) is 71.1 Å². The minimum Gasteiger partial charge on any atom is -0.497 e. The maximum atomic E-state index is 12.8. The number of esters is 1. The Hall–Kier alpha value is -2.99. The molecular formula is C21H19ClO6. The molecule has 3 rings (SSSR count). The van der Waals surface area contributed by atoms with Crippen LogP contribution < -0.4 is 18.9 Å². The van der Waals surface area contributed by atoms with Crippen LogP contribution in [0.3, 0.4) is 0 Å². The first-order valence-electron chi connectivity index (χ1n) is 8.50. The lowest BCUT2D eigenvalue weighted by atomic mass is 10.0. The summed E-state index contributed by atoms with van der Waals surface area (Å²) in [4.78, 5) is 24.5. The van der Waals surface area contributed by atoms with Gasteiger partial charge in [0.25, 0.3) is 0 Å². The molecule has 0 spiro atoms. The third-order valence-corrected chi connectivity index (χ3v) is 4.39. The first-order valence-corrected chi connectivity index (χ1v) is 8.94. The van der Waals surface area contributed by atoms with Crippen molar-refractivity contribution in [3.8, 4) is 23.0 Å². The fourth-order valence-electron chi connectivity index (χ4n) is 2.83. The van der Waals surface area contributed by atoms with Crippen molar-refractivity contribution in [2.45, 2.75) is 19.2 Å². The van der Waals surface area contributed by atoms with Gasteiger partial charge in [-0.15, -0.1) is 11.6 Å². The third-order valence-electron chi connectivity index (χ3n) is 4.21. The Balaban J connectivity index is 1.97. The number of alkyl halides is 1. The summed E-state index contributed by atoms with van der Waals surface area (Å²) < 4.78 is 21.5. The van der Waals surface area contributed by atoms with Crippen molar-refractivity contribution in [3.63, 3.8) is 0 Å². The van der Waals surface area contributed by atoms with Crippen molar-refractivity contribution in [2.24, 2.45) is 0 Å². The summed E-state index contributed by atoms with van der Waals surface area (Å²) in [6.07, 6.45) is 1.59. The van der Waals surface area contributed by atoms with Gasteiger partial charge >= 0.3 is 5.97 Å². The molecule has 1 heterocycles. The van der Waals surface area contributed by atoms with E-state index in [4.69, 9.17) is 30.5 Å². The zero-order valence-corrected chi connectivity index (χ0v) is 16.6. The molecule has 28 heavy (non-hydrogen) atoms. The van der Waals surface area contributed by atoms with Crippen LogP contribution in [-0.2, 0) is 4.79 Å². The number of aryl methyl sites for hydroxylation is 1. The van der Waals surface area contributed by atoms with E-state index in [1.807, 2.05) is 0 Å². The van der Waals surface area contributed by atoms with Crippen molar-refractivity contribution in [1.82, 2.24) is 0 Å². The summed E-state index contributed by atoms with van der Waals surface area (Å²) in [6.45, 7) is 3.27. The van der Waals surface area contributed by atoms with Gasteiger partial charge in [-0.2, -0.15) is 0 Å². The molecular weight excluding hydrogens is 384 g/mol. The number of allylic oxidation sites excluding steroid dienone is 1. The van der Waals surface area contributed by atoms with Crippen LogP contribution in [0.2, 0.25) is 0 Å². The van der Waals surface area contributed by atoms with E-state index in [1.54, 1.807) is 51.5 Å². The zero-order valence-electron chi connectivity index (χ0n) is 15.9. The Kier molecular flexibility index (Phi) is 5.61. The van der Waals surface area contributed by atoms with E-state index < -0.39 is 11.3 Å². The Morgan fingerprint density at radius 3 is 2.54 bits per heavy atom. The lowest BCUT2D eigenvalue weighted by Crippen LogP contribution is -2.17. The Morgan fingerprint density at radius 2 is 1.89 bits per heavy atom. The molecule has 0 fully saturated rings. The van der Waals surface area contributed by atoms with E-state index in [-0.39, 0.29) is 17.3 Å². The van der Waals surface area contributed by atoms with Crippen molar-refractivity contribution in [2.75, 3.05) is 14.2 Å². The molecule has 2 aromatic carbocycles. The van der Waals surface area contributed by atoms with E-state index in [0.717, 1.165) is 0 Å². The molecule has 2 aromatic rings. The summed E-state index contributed by atoms with van der Waals surface area (Å²) in [5.41, 5.74) is 1.69. The molecule has 1 aliphatic heterocycles. The summed E-state index contributed by atoms with van der Waals surface area (Å²) in [7, 11) is 3.10. The van der Waals surface area contributed by atoms with Gasteiger partial charge in [0.1, 0.15) is 28.4 Å². The molecule has 0 aliphatic carbocycles. The van der Waals surface area contributed by atoms with Crippen LogP contribution in [0.1, 0.15) is 28.4 Å². The minimum atomic E-state index is -0.785. The number of methoxy groups -OCH3 is 2. The van der Waals surface area contributed by atoms with Gasteiger partial charge in [-0.05, 0) is 49.8 Å². The predicted octanol–water partition coefficient (Wildman–Crippen LogP) is 4.16. The molecule has 0 radical (unpaired) electrons. The van der Waals surface area contributed by atoms with Gasteiger partial charge < -0.3 is 18.9 Å². The van der Waals surface area contributed by atoms with Gasteiger partial charge in [0, 0.05) is 11.6 Å². The number of fused-ring (bicyclic) bond motifs is 1. The molecule has 0 bridgehead atoms. The number of hydrogen-bond donors (Lipinski definition) is 0. The highest BCUT2D eigenvalue weighted by atomic mass is 35.5. The van der Waals surface area contributed by atoms with Crippen molar-refractivity contribution < 1.29 is 28.5 Å². The summed E-state index contributed by atoms with van der Waals surface area (Å²) in [5, 5.41) is -0.785. The molecule has 6 nitrogen and oxygen atoms in total. The Morgan fingerprint density at radius 1 is 1.14 bits per heavy atom. The fourth-order valence-corrected chi connectivity index (χ4v) is 2.87. The van der Waals surface area contributed by atoms with Crippen LogP contribution in [-0.4, -0.2) is 31.3 Å². The molecule has 7 heteroatoms. The summed E-state index contributed by atoms with van der Waals surface area (Å²) in [6, 6.07) is 8.35. The SMILES string of the molecule is COc1ccc(OC)c(/C=C2\Oc3cc(OC(=O)C(C)Cl)cc(C)c3C2=O)c1. The molecule has 0 N–H and O–H groups in total. The Labute approximate surface area is 167 Å². The van der Waals surface area contributed by atoms with E-state index in [0.29, 0.717) is 33.9 Å². The number of rotatable bonds is 5. The molecule has 1 aliphatic rings. The van der Waals surface area contributed by atoms with Crippen LogP contribution >= 0.6 is 11.6 Å². The third kappa shape index (κ3) is 3.82. The van der Waals surface area contributed by atoms with Gasteiger partial charge in [-0.3, -0.25) is 9.59 Å². The zero-order chi connectivity index (χ0) is 20.4. The minimum absolute atomic E-state index is 0.138. The quantitative estimate of drug-likeness (QED) is 0.323. The van der Waals surface area contributed by atoms with Gasteiger partial charge in [0.2, 0.25) is 5.78 Å². The van der Waals surface area contributed by atoms with E-state index in [1.165, 1.54) is 13.0 Å². The number of ether oxygens (including phenoxy) is 4. The Bertz CT molecular complexity index is 977. The average Bonchev–Trinajstić information content (AvgIpc) is 2.97. The molecule has 0 amide bonds. The monoisotopic (exact) mass is 402 g/mol. The van der Waals surface area contributed by atoms with Crippen LogP contribution in [0.4, 0.5) is 0 Å². The fraction of sp³-hybridized carbons (Fsp3) is 0.238. The number of ketones is 1.